The summed E-state index contributed by atoms with van der Waals surface area (Å²) in [7, 11) is 0. The van der Waals surface area contributed by atoms with E-state index in [2.05, 4.69) is 35.1 Å². The van der Waals surface area contributed by atoms with Gasteiger partial charge in [0.15, 0.2) is 0 Å². The number of benzene rings is 1. The molecule has 0 bridgehead atoms. The molecular formula is C14H22BrNO2. The second-order valence-electron chi connectivity index (χ2n) is 4.62. The smallest absolute Gasteiger partial charge is 0.133 e. The summed E-state index contributed by atoms with van der Waals surface area (Å²) in [5, 5.41) is 13.0. The van der Waals surface area contributed by atoms with Crippen LogP contribution in [0, 0.1) is 6.92 Å². The van der Waals surface area contributed by atoms with Gasteiger partial charge in [0.05, 0.1) is 4.47 Å². The van der Waals surface area contributed by atoms with Gasteiger partial charge < -0.3 is 15.2 Å². The maximum atomic E-state index is 9.80. The van der Waals surface area contributed by atoms with E-state index in [0.717, 1.165) is 16.6 Å². The Labute approximate surface area is 118 Å². The highest BCUT2D eigenvalue weighted by atomic mass is 79.9. The summed E-state index contributed by atoms with van der Waals surface area (Å²) in [5.74, 6) is 0.767. The van der Waals surface area contributed by atoms with Gasteiger partial charge >= 0.3 is 0 Å². The average Bonchev–Trinajstić information content (AvgIpc) is 2.34. The summed E-state index contributed by atoms with van der Waals surface area (Å²) >= 11 is 3.45. The van der Waals surface area contributed by atoms with Gasteiger partial charge in [-0.3, -0.25) is 0 Å². The van der Waals surface area contributed by atoms with Gasteiger partial charge in [-0.2, -0.15) is 0 Å². The van der Waals surface area contributed by atoms with E-state index in [1.807, 2.05) is 25.1 Å². The molecule has 1 rings (SSSR count). The summed E-state index contributed by atoms with van der Waals surface area (Å²) in [6, 6.07) is 6.32. The first-order valence-corrected chi connectivity index (χ1v) is 7.12. The summed E-state index contributed by atoms with van der Waals surface area (Å²) in [5.41, 5.74) is 1.17. The van der Waals surface area contributed by atoms with Gasteiger partial charge in [-0.25, -0.2) is 0 Å². The lowest BCUT2D eigenvalue weighted by atomic mass is 10.2. The largest absolute Gasteiger partial charge is 0.490 e. The number of aliphatic hydroxyl groups excluding tert-OH is 1. The molecule has 0 aliphatic heterocycles. The first kappa shape index (κ1) is 15.5. The highest BCUT2D eigenvalue weighted by Crippen LogP contribution is 2.25. The zero-order chi connectivity index (χ0) is 13.5. The molecule has 0 radical (unpaired) electrons. The van der Waals surface area contributed by atoms with Crippen LogP contribution in [-0.2, 0) is 0 Å². The molecule has 2 unspecified atom stereocenters. The third-order valence-corrected chi connectivity index (χ3v) is 3.45. The minimum atomic E-state index is -0.493. The molecule has 0 aliphatic carbocycles. The Morgan fingerprint density at radius 3 is 2.78 bits per heavy atom. The summed E-state index contributed by atoms with van der Waals surface area (Å²) in [6.07, 6.45) is 0.559. The quantitative estimate of drug-likeness (QED) is 0.813. The lowest BCUT2D eigenvalue weighted by molar-refractivity contribution is 0.103. The fraction of sp³-hybridized carbons (Fsp3) is 0.571. The molecule has 0 fully saturated rings. The number of ether oxygens (including phenoxy) is 1. The van der Waals surface area contributed by atoms with Crippen molar-refractivity contribution in [1.82, 2.24) is 5.32 Å². The third kappa shape index (κ3) is 5.38. The van der Waals surface area contributed by atoms with Crippen LogP contribution in [0.15, 0.2) is 22.7 Å². The van der Waals surface area contributed by atoms with Gasteiger partial charge in [-0.05, 0) is 53.9 Å². The molecule has 0 saturated carbocycles. The summed E-state index contributed by atoms with van der Waals surface area (Å²) in [4.78, 5) is 0. The lowest BCUT2D eigenvalue weighted by Crippen LogP contribution is -2.36. The van der Waals surface area contributed by atoms with Crippen LogP contribution < -0.4 is 10.1 Å². The molecule has 0 amide bonds. The van der Waals surface area contributed by atoms with Crippen LogP contribution in [0.2, 0.25) is 0 Å². The van der Waals surface area contributed by atoms with E-state index < -0.39 is 6.10 Å². The molecule has 1 aromatic rings. The van der Waals surface area contributed by atoms with Crippen LogP contribution in [0.4, 0.5) is 0 Å². The van der Waals surface area contributed by atoms with Crippen LogP contribution in [0.5, 0.6) is 5.75 Å². The Kier molecular flexibility index (Phi) is 6.68. The highest BCUT2D eigenvalue weighted by molar-refractivity contribution is 9.10. The van der Waals surface area contributed by atoms with E-state index in [-0.39, 0.29) is 0 Å². The van der Waals surface area contributed by atoms with E-state index >= 15 is 0 Å². The SMILES string of the molecule is CCC(C)NCC(O)COc1ccc(C)cc1Br. The van der Waals surface area contributed by atoms with Crippen molar-refractivity contribution in [1.29, 1.82) is 0 Å². The number of halogens is 1. The molecule has 0 heterocycles. The predicted molar refractivity (Wildman–Crippen MR) is 78.1 cm³/mol. The number of hydrogen-bond acceptors (Lipinski definition) is 3. The van der Waals surface area contributed by atoms with Crippen molar-refractivity contribution in [3.05, 3.63) is 28.2 Å². The number of rotatable bonds is 7. The maximum absolute atomic E-state index is 9.80. The number of aryl methyl sites for hydroxylation is 1. The van der Waals surface area contributed by atoms with Gasteiger partial charge in [0.2, 0.25) is 0 Å². The number of hydrogen-bond donors (Lipinski definition) is 2. The Balaban J connectivity index is 2.35. The van der Waals surface area contributed by atoms with E-state index in [1.54, 1.807) is 0 Å². The predicted octanol–water partition coefficient (Wildman–Crippen LogP) is 2.89. The van der Waals surface area contributed by atoms with Gasteiger partial charge in [-0.15, -0.1) is 0 Å². The van der Waals surface area contributed by atoms with E-state index in [4.69, 9.17) is 4.74 Å². The molecule has 102 valence electrons. The number of aliphatic hydroxyl groups is 1. The molecule has 1 aromatic carbocycles. The Morgan fingerprint density at radius 2 is 2.17 bits per heavy atom. The molecule has 2 atom stereocenters. The van der Waals surface area contributed by atoms with Crippen molar-refractivity contribution in [2.45, 2.75) is 39.3 Å². The molecule has 3 nitrogen and oxygen atoms in total. The molecular weight excluding hydrogens is 294 g/mol. The maximum Gasteiger partial charge on any atom is 0.133 e. The zero-order valence-corrected chi connectivity index (χ0v) is 12.8. The Morgan fingerprint density at radius 1 is 1.44 bits per heavy atom. The molecule has 18 heavy (non-hydrogen) atoms. The topological polar surface area (TPSA) is 41.5 Å². The minimum Gasteiger partial charge on any atom is -0.490 e. The van der Waals surface area contributed by atoms with E-state index in [1.165, 1.54) is 5.56 Å². The second-order valence-corrected chi connectivity index (χ2v) is 5.47. The first-order chi connectivity index (χ1) is 8.52. The Bertz CT molecular complexity index is 371. The van der Waals surface area contributed by atoms with Crippen LogP contribution in [0.1, 0.15) is 25.8 Å². The van der Waals surface area contributed by atoms with Gasteiger partial charge in [0, 0.05) is 12.6 Å². The van der Waals surface area contributed by atoms with E-state index in [9.17, 15) is 5.11 Å². The standard InChI is InChI=1S/C14H22BrNO2/c1-4-11(3)16-8-12(17)9-18-14-6-5-10(2)7-13(14)15/h5-7,11-12,16-17H,4,8-9H2,1-3H3. The van der Waals surface area contributed by atoms with Gasteiger partial charge in [0.1, 0.15) is 18.5 Å². The minimum absolute atomic E-state index is 0.297. The summed E-state index contributed by atoms with van der Waals surface area (Å²) < 4.78 is 6.50. The van der Waals surface area contributed by atoms with E-state index in [0.29, 0.717) is 19.2 Å². The molecule has 4 heteroatoms. The van der Waals surface area contributed by atoms with Crippen molar-refractivity contribution in [3.8, 4) is 5.75 Å². The normalized spacial score (nSPS) is 14.3. The molecule has 0 saturated heterocycles. The Hall–Kier alpha value is -0.580. The fourth-order valence-corrected chi connectivity index (χ4v) is 2.06. The molecule has 0 spiro atoms. The number of nitrogens with one attached hydrogen (secondary N) is 1. The van der Waals surface area contributed by atoms with Crippen molar-refractivity contribution in [3.63, 3.8) is 0 Å². The lowest BCUT2D eigenvalue weighted by Gasteiger charge is -2.17. The molecule has 0 aromatic heterocycles. The fourth-order valence-electron chi connectivity index (χ4n) is 1.45. The van der Waals surface area contributed by atoms with Crippen molar-refractivity contribution < 1.29 is 9.84 Å². The van der Waals surface area contributed by atoms with Crippen molar-refractivity contribution in [2.24, 2.45) is 0 Å². The third-order valence-electron chi connectivity index (χ3n) is 2.83. The van der Waals surface area contributed by atoms with Crippen LogP contribution in [-0.4, -0.2) is 30.4 Å². The van der Waals surface area contributed by atoms with Crippen molar-refractivity contribution in [2.75, 3.05) is 13.2 Å². The highest BCUT2D eigenvalue weighted by Gasteiger charge is 2.08. The molecule has 0 aliphatic rings. The van der Waals surface area contributed by atoms with Gasteiger partial charge in [0.25, 0.3) is 0 Å². The van der Waals surface area contributed by atoms with Crippen LogP contribution in [0.3, 0.4) is 0 Å². The first-order valence-electron chi connectivity index (χ1n) is 6.33. The summed E-state index contributed by atoms with van der Waals surface area (Å²) in [6.45, 7) is 7.09. The zero-order valence-electron chi connectivity index (χ0n) is 11.2. The van der Waals surface area contributed by atoms with Crippen molar-refractivity contribution >= 4 is 15.9 Å². The van der Waals surface area contributed by atoms with Crippen LogP contribution >= 0.6 is 15.9 Å². The van der Waals surface area contributed by atoms with Crippen LogP contribution in [0.25, 0.3) is 0 Å². The second kappa shape index (κ2) is 7.77. The molecule has 2 N–H and O–H groups in total. The average molecular weight is 316 g/mol. The van der Waals surface area contributed by atoms with Gasteiger partial charge in [-0.1, -0.05) is 13.0 Å². The monoisotopic (exact) mass is 315 g/mol.